The van der Waals surface area contributed by atoms with Crippen molar-refractivity contribution in [2.45, 2.75) is 6.92 Å². The van der Waals surface area contributed by atoms with Crippen molar-refractivity contribution in [1.82, 2.24) is 5.43 Å². The van der Waals surface area contributed by atoms with Crippen molar-refractivity contribution in [2.75, 3.05) is 5.32 Å². The molecule has 8 heteroatoms. The summed E-state index contributed by atoms with van der Waals surface area (Å²) in [5, 5.41) is 6.30. The van der Waals surface area contributed by atoms with Gasteiger partial charge in [0.15, 0.2) is 0 Å². The summed E-state index contributed by atoms with van der Waals surface area (Å²) in [6.07, 6.45) is 1.37. The van der Waals surface area contributed by atoms with Crippen LogP contribution in [0, 0.1) is 6.92 Å². The molecule has 31 heavy (non-hydrogen) atoms. The van der Waals surface area contributed by atoms with Gasteiger partial charge in [-0.05, 0) is 72.6 Å². The summed E-state index contributed by atoms with van der Waals surface area (Å²) >= 11 is 3.31. The molecule has 156 valence electrons. The fourth-order valence-corrected chi connectivity index (χ4v) is 2.75. The third-order valence-electron chi connectivity index (χ3n) is 4.15. The lowest BCUT2D eigenvalue weighted by Gasteiger charge is -2.06. The van der Waals surface area contributed by atoms with Crippen LogP contribution < -0.4 is 15.5 Å². The van der Waals surface area contributed by atoms with Gasteiger partial charge in [0.2, 0.25) is 0 Å². The maximum atomic E-state index is 12.1. The minimum absolute atomic E-state index is 0.367. The van der Waals surface area contributed by atoms with Gasteiger partial charge in [-0.15, -0.1) is 0 Å². The Morgan fingerprint density at radius 1 is 0.903 bits per heavy atom. The number of nitrogens with one attached hydrogen (secondary N) is 2. The summed E-state index contributed by atoms with van der Waals surface area (Å²) in [6.45, 7) is 1.82. The molecule has 0 heterocycles. The number of ether oxygens (including phenoxy) is 1. The lowest BCUT2D eigenvalue weighted by atomic mass is 10.2. The Labute approximate surface area is 187 Å². The molecule has 0 saturated carbocycles. The van der Waals surface area contributed by atoms with Gasteiger partial charge in [-0.2, -0.15) is 5.10 Å². The van der Waals surface area contributed by atoms with Crippen molar-refractivity contribution >= 4 is 45.6 Å². The lowest BCUT2D eigenvalue weighted by Crippen LogP contribution is -2.32. The minimum atomic E-state index is -0.889. The van der Waals surface area contributed by atoms with Crippen molar-refractivity contribution in [3.63, 3.8) is 0 Å². The van der Waals surface area contributed by atoms with E-state index >= 15 is 0 Å². The van der Waals surface area contributed by atoms with Crippen molar-refractivity contribution in [3.05, 3.63) is 94.0 Å². The fourth-order valence-electron chi connectivity index (χ4n) is 2.48. The van der Waals surface area contributed by atoms with Gasteiger partial charge in [-0.3, -0.25) is 9.59 Å². The molecule has 0 atom stereocenters. The van der Waals surface area contributed by atoms with Crippen LogP contribution in [-0.4, -0.2) is 24.0 Å². The second kappa shape index (κ2) is 10.3. The quantitative estimate of drug-likeness (QED) is 0.189. The van der Waals surface area contributed by atoms with Crippen LogP contribution in [0.3, 0.4) is 0 Å². The highest BCUT2D eigenvalue weighted by Gasteiger charge is 2.13. The zero-order valence-electron chi connectivity index (χ0n) is 16.5. The molecular formula is C23H18BrN3O4. The van der Waals surface area contributed by atoms with E-state index in [1.807, 2.05) is 19.1 Å². The van der Waals surface area contributed by atoms with E-state index < -0.39 is 17.8 Å². The molecular weight excluding hydrogens is 462 g/mol. The van der Waals surface area contributed by atoms with Crippen LogP contribution in [0.25, 0.3) is 0 Å². The number of aryl methyl sites for hydroxylation is 1. The standard InChI is InChI=1S/C23H18BrN3O4/c1-15-4-2-3-5-20(15)26-21(28)22(29)27-25-14-16-6-12-19(13-7-16)31-23(30)17-8-10-18(24)11-9-17/h2-14H,1H3,(H,26,28)(H,27,29)/b25-14+. The highest BCUT2D eigenvalue weighted by Crippen LogP contribution is 2.16. The highest BCUT2D eigenvalue weighted by molar-refractivity contribution is 9.10. The van der Waals surface area contributed by atoms with E-state index in [9.17, 15) is 14.4 Å². The smallest absolute Gasteiger partial charge is 0.343 e. The molecule has 0 aliphatic heterocycles. The van der Waals surface area contributed by atoms with Crippen molar-refractivity contribution in [2.24, 2.45) is 5.10 Å². The third kappa shape index (κ3) is 6.35. The van der Waals surface area contributed by atoms with Crippen LogP contribution >= 0.6 is 15.9 Å². The molecule has 3 rings (SSSR count). The molecule has 0 bridgehead atoms. The van der Waals surface area contributed by atoms with Gasteiger partial charge in [0, 0.05) is 10.2 Å². The van der Waals surface area contributed by atoms with E-state index in [1.165, 1.54) is 6.21 Å². The number of para-hydroxylation sites is 1. The summed E-state index contributed by atoms with van der Waals surface area (Å²) in [5.41, 5.74) is 4.64. The zero-order chi connectivity index (χ0) is 22.2. The summed E-state index contributed by atoms with van der Waals surface area (Å²) in [6, 6.07) is 20.5. The molecule has 0 spiro atoms. The van der Waals surface area contributed by atoms with E-state index in [1.54, 1.807) is 60.7 Å². The van der Waals surface area contributed by atoms with Gasteiger partial charge in [-0.25, -0.2) is 10.2 Å². The Balaban J connectivity index is 1.51. The van der Waals surface area contributed by atoms with Crippen molar-refractivity contribution in [1.29, 1.82) is 0 Å². The summed E-state index contributed by atoms with van der Waals surface area (Å²) in [5.74, 6) is -1.81. The molecule has 0 saturated heterocycles. The first-order valence-corrected chi connectivity index (χ1v) is 9.99. The number of amides is 2. The third-order valence-corrected chi connectivity index (χ3v) is 4.68. The van der Waals surface area contributed by atoms with Crippen LogP contribution in [0.1, 0.15) is 21.5 Å². The van der Waals surface area contributed by atoms with Gasteiger partial charge in [0.25, 0.3) is 0 Å². The normalized spacial score (nSPS) is 10.5. The Kier molecular flexibility index (Phi) is 7.29. The van der Waals surface area contributed by atoms with Gasteiger partial charge in [0.1, 0.15) is 5.75 Å². The van der Waals surface area contributed by atoms with Crippen LogP contribution in [0.2, 0.25) is 0 Å². The number of rotatable bonds is 5. The molecule has 0 aromatic heterocycles. The molecule has 3 aromatic rings. The maximum Gasteiger partial charge on any atom is 0.343 e. The molecule has 0 radical (unpaired) electrons. The maximum absolute atomic E-state index is 12.1. The average molecular weight is 480 g/mol. The first-order valence-electron chi connectivity index (χ1n) is 9.20. The highest BCUT2D eigenvalue weighted by atomic mass is 79.9. The largest absolute Gasteiger partial charge is 0.423 e. The summed E-state index contributed by atoms with van der Waals surface area (Å²) in [7, 11) is 0. The number of nitrogens with zero attached hydrogens (tertiary/aromatic N) is 1. The molecule has 2 N–H and O–H groups in total. The molecule has 0 unspecified atom stereocenters. The van der Waals surface area contributed by atoms with Crippen LogP contribution in [0.15, 0.2) is 82.4 Å². The first-order chi connectivity index (χ1) is 14.9. The Morgan fingerprint density at radius 2 is 1.58 bits per heavy atom. The SMILES string of the molecule is Cc1ccccc1NC(=O)C(=O)N/N=C/c1ccc(OC(=O)c2ccc(Br)cc2)cc1. The summed E-state index contributed by atoms with van der Waals surface area (Å²) < 4.78 is 6.18. The van der Waals surface area contributed by atoms with E-state index in [0.717, 1.165) is 10.0 Å². The van der Waals surface area contributed by atoms with Crippen molar-refractivity contribution < 1.29 is 19.1 Å². The Hall–Kier alpha value is -3.78. The van der Waals surface area contributed by atoms with E-state index in [-0.39, 0.29) is 0 Å². The van der Waals surface area contributed by atoms with Crippen LogP contribution in [0.4, 0.5) is 5.69 Å². The van der Waals surface area contributed by atoms with E-state index in [2.05, 4.69) is 31.8 Å². The van der Waals surface area contributed by atoms with Gasteiger partial charge < -0.3 is 10.1 Å². The average Bonchev–Trinajstić information content (AvgIpc) is 2.77. The predicted octanol–water partition coefficient (Wildman–Crippen LogP) is 4.07. The van der Waals surface area contributed by atoms with Gasteiger partial charge in [-0.1, -0.05) is 34.1 Å². The van der Waals surface area contributed by atoms with Crippen LogP contribution in [0.5, 0.6) is 5.75 Å². The molecule has 2 amide bonds. The fraction of sp³-hybridized carbons (Fsp3) is 0.0435. The zero-order valence-corrected chi connectivity index (χ0v) is 18.0. The van der Waals surface area contributed by atoms with Gasteiger partial charge >= 0.3 is 17.8 Å². The predicted molar refractivity (Wildman–Crippen MR) is 121 cm³/mol. The Morgan fingerprint density at radius 3 is 2.26 bits per heavy atom. The number of hydrogen-bond acceptors (Lipinski definition) is 5. The number of esters is 1. The van der Waals surface area contributed by atoms with E-state index in [4.69, 9.17) is 4.74 Å². The number of anilines is 1. The number of carbonyl (C=O) groups excluding carboxylic acids is 3. The number of halogens is 1. The van der Waals surface area contributed by atoms with Gasteiger partial charge in [0.05, 0.1) is 11.8 Å². The minimum Gasteiger partial charge on any atom is -0.423 e. The Bertz CT molecular complexity index is 1130. The number of hydrogen-bond donors (Lipinski definition) is 2. The molecule has 0 fully saturated rings. The summed E-state index contributed by atoms with van der Waals surface area (Å²) in [4.78, 5) is 35.9. The second-order valence-corrected chi connectivity index (χ2v) is 7.35. The van der Waals surface area contributed by atoms with Crippen LogP contribution in [-0.2, 0) is 9.59 Å². The number of carbonyl (C=O) groups is 3. The topological polar surface area (TPSA) is 96.9 Å². The lowest BCUT2D eigenvalue weighted by molar-refractivity contribution is -0.136. The molecule has 3 aromatic carbocycles. The monoisotopic (exact) mass is 479 g/mol. The molecule has 7 nitrogen and oxygen atoms in total. The molecule has 0 aliphatic rings. The number of hydrazone groups is 1. The van der Waals surface area contributed by atoms with E-state index in [0.29, 0.717) is 22.6 Å². The van der Waals surface area contributed by atoms with Crippen molar-refractivity contribution in [3.8, 4) is 5.75 Å². The second-order valence-electron chi connectivity index (χ2n) is 6.43. The number of benzene rings is 3. The first kappa shape index (κ1) is 21.9. The molecule has 0 aliphatic carbocycles.